The SMILES string of the molecule is Cc1ccc(C(C)C)c(OCCn2cc(/C(N)=N/O)c3ccccc32)c1. The van der Waals surface area contributed by atoms with Crippen molar-refractivity contribution >= 4 is 16.7 Å². The Morgan fingerprint density at radius 2 is 2.00 bits per heavy atom. The number of oxime groups is 1. The Bertz CT molecular complexity index is 942. The van der Waals surface area contributed by atoms with Gasteiger partial charge in [0.25, 0.3) is 0 Å². The molecule has 26 heavy (non-hydrogen) atoms. The van der Waals surface area contributed by atoms with Crippen LogP contribution >= 0.6 is 0 Å². The monoisotopic (exact) mass is 351 g/mol. The minimum Gasteiger partial charge on any atom is -0.491 e. The number of ether oxygens (including phenoxy) is 1. The minimum atomic E-state index is 0.113. The van der Waals surface area contributed by atoms with E-state index < -0.39 is 0 Å². The van der Waals surface area contributed by atoms with Gasteiger partial charge >= 0.3 is 0 Å². The Hall–Kier alpha value is -2.95. The highest BCUT2D eigenvalue weighted by Crippen LogP contribution is 2.28. The highest BCUT2D eigenvalue weighted by Gasteiger charge is 2.12. The van der Waals surface area contributed by atoms with Gasteiger partial charge in [0, 0.05) is 22.7 Å². The van der Waals surface area contributed by atoms with E-state index in [1.54, 1.807) is 0 Å². The number of fused-ring (bicyclic) bond motifs is 1. The van der Waals surface area contributed by atoms with E-state index in [9.17, 15) is 0 Å². The molecule has 5 nitrogen and oxygen atoms in total. The molecule has 3 rings (SSSR count). The zero-order chi connectivity index (χ0) is 18.7. The lowest BCUT2D eigenvalue weighted by molar-refractivity contribution is 0.296. The Morgan fingerprint density at radius 1 is 1.23 bits per heavy atom. The lowest BCUT2D eigenvalue weighted by Crippen LogP contribution is -2.13. The fraction of sp³-hybridized carbons (Fsp3) is 0.286. The predicted molar refractivity (Wildman–Crippen MR) is 105 cm³/mol. The summed E-state index contributed by atoms with van der Waals surface area (Å²) in [6.45, 7) is 7.61. The van der Waals surface area contributed by atoms with Crippen molar-refractivity contribution in [1.82, 2.24) is 4.57 Å². The standard InChI is InChI=1S/C21H25N3O2/c1-14(2)16-9-8-15(3)12-20(16)26-11-10-24-13-18(21(22)23-25)17-6-4-5-7-19(17)24/h4-9,12-14,25H,10-11H2,1-3H3,(H2,22,23). The van der Waals surface area contributed by atoms with Crippen molar-refractivity contribution in [2.24, 2.45) is 10.9 Å². The number of nitrogens with zero attached hydrogens (tertiary/aromatic N) is 2. The third kappa shape index (κ3) is 3.52. The van der Waals surface area contributed by atoms with Crippen molar-refractivity contribution in [3.63, 3.8) is 0 Å². The van der Waals surface area contributed by atoms with E-state index in [0.29, 0.717) is 19.1 Å². The molecule has 5 heteroatoms. The van der Waals surface area contributed by atoms with E-state index in [0.717, 1.165) is 22.2 Å². The second-order valence-electron chi connectivity index (χ2n) is 6.78. The number of aromatic nitrogens is 1. The van der Waals surface area contributed by atoms with E-state index in [4.69, 9.17) is 15.7 Å². The van der Waals surface area contributed by atoms with Crippen LogP contribution in [0.5, 0.6) is 5.75 Å². The summed E-state index contributed by atoms with van der Waals surface area (Å²) in [6.07, 6.45) is 1.91. The molecule has 0 aliphatic carbocycles. The zero-order valence-corrected chi connectivity index (χ0v) is 15.4. The summed E-state index contributed by atoms with van der Waals surface area (Å²) >= 11 is 0. The van der Waals surface area contributed by atoms with Crippen molar-refractivity contribution in [2.45, 2.75) is 33.2 Å². The largest absolute Gasteiger partial charge is 0.491 e. The van der Waals surface area contributed by atoms with Gasteiger partial charge in [-0.2, -0.15) is 0 Å². The Balaban J connectivity index is 1.82. The molecule has 0 bridgehead atoms. The number of aryl methyl sites for hydroxylation is 1. The van der Waals surface area contributed by atoms with Gasteiger partial charge in [-0.3, -0.25) is 0 Å². The van der Waals surface area contributed by atoms with E-state index in [-0.39, 0.29) is 5.84 Å². The molecule has 0 aliphatic rings. The fourth-order valence-electron chi connectivity index (χ4n) is 3.19. The van der Waals surface area contributed by atoms with Crippen LogP contribution in [0.1, 0.15) is 36.5 Å². The van der Waals surface area contributed by atoms with Crippen molar-refractivity contribution in [1.29, 1.82) is 0 Å². The van der Waals surface area contributed by atoms with Crippen molar-refractivity contribution < 1.29 is 9.94 Å². The molecule has 0 spiro atoms. The van der Waals surface area contributed by atoms with Gasteiger partial charge in [-0.1, -0.05) is 49.3 Å². The van der Waals surface area contributed by atoms with Crippen LogP contribution in [0.4, 0.5) is 0 Å². The lowest BCUT2D eigenvalue weighted by Gasteiger charge is -2.15. The van der Waals surface area contributed by atoms with Gasteiger partial charge in [-0.05, 0) is 36.1 Å². The molecule has 0 atom stereocenters. The van der Waals surface area contributed by atoms with Gasteiger partial charge < -0.3 is 20.2 Å². The molecule has 1 aromatic heterocycles. The molecular weight excluding hydrogens is 326 g/mol. The number of nitrogens with two attached hydrogens (primary N) is 1. The van der Waals surface area contributed by atoms with Crippen LogP contribution in [0.3, 0.4) is 0 Å². The summed E-state index contributed by atoms with van der Waals surface area (Å²) in [5, 5.41) is 13.1. The molecule has 0 aliphatic heterocycles. The van der Waals surface area contributed by atoms with Crippen LogP contribution in [-0.4, -0.2) is 22.2 Å². The molecule has 3 aromatic rings. The third-order valence-electron chi connectivity index (χ3n) is 4.55. The van der Waals surface area contributed by atoms with Gasteiger partial charge in [0.05, 0.1) is 6.54 Å². The Kier molecular flexibility index (Phi) is 5.16. The fourth-order valence-corrected chi connectivity index (χ4v) is 3.19. The molecule has 136 valence electrons. The van der Waals surface area contributed by atoms with E-state index in [1.807, 2.05) is 30.5 Å². The quantitative estimate of drug-likeness (QED) is 0.302. The smallest absolute Gasteiger partial charge is 0.172 e. The normalized spacial score (nSPS) is 12.1. The number of hydrogen-bond acceptors (Lipinski definition) is 3. The highest BCUT2D eigenvalue weighted by molar-refractivity contribution is 6.08. The van der Waals surface area contributed by atoms with Crippen LogP contribution in [-0.2, 0) is 6.54 Å². The van der Waals surface area contributed by atoms with Gasteiger partial charge in [-0.15, -0.1) is 0 Å². The van der Waals surface area contributed by atoms with Crippen molar-refractivity contribution in [3.05, 3.63) is 65.4 Å². The number of rotatable bonds is 6. The van der Waals surface area contributed by atoms with Gasteiger partial charge in [0.2, 0.25) is 0 Å². The van der Waals surface area contributed by atoms with Crippen LogP contribution in [0.2, 0.25) is 0 Å². The molecule has 0 saturated heterocycles. The third-order valence-corrected chi connectivity index (χ3v) is 4.55. The lowest BCUT2D eigenvalue weighted by atomic mass is 10.0. The number of benzene rings is 2. The van der Waals surface area contributed by atoms with E-state index in [1.165, 1.54) is 11.1 Å². The van der Waals surface area contributed by atoms with Crippen molar-refractivity contribution in [2.75, 3.05) is 6.61 Å². The average molecular weight is 351 g/mol. The van der Waals surface area contributed by atoms with Crippen LogP contribution in [0.25, 0.3) is 10.9 Å². The first kappa shape index (κ1) is 17.9. The first-order valence-corrected chi connectivity index (χ1v) is 8.80. The second-order valence-corrected chi connectivity index (χ2v) is 6.78. The first-order chi connectivity index (χ1) is 12.5. The summed E-state index contributed by atoms with van der Waals surface area (Å²) in [7, 11) is 0. The van der Waals surface area contributed by atoms with Crippen LogP contribution in [0.15, 0.2) is 53.8 Å². The molecule has 0 saturated carbocycles. The van der Waals surface area contributed by atoms with Crippen molar-refractivity contribution in [3.8, 4) is 5.75 Å². The highest BCUT2D eigenvalue weighted by atomic mass is 16.5. The van der Waals surface area contributed by atoms with E-state index >= 15 is 0 Å². The molecule has 3 N–H and O–H groups in total. The summed E-state index contributed by atoms with van der Waals surface area (Å²) in [4.78, 5) is 0. The number of hydrogen-bond donors (Lipinski definition) is 2. The molecule has 2 aromatic carbocycles. The van der Waals surface area contributed by atoms with Crippen LogP contribution < -0.4 is 10.5 Å². The Morgan fingerprint density at radius 3 is 2.73 bits per heavy atom. The number of amidine groups is 1. The molecule has 0 fully saturated rings. The molecule has 0 unspecified atom stereocenters. The minimum absolute atomic E-state index is 0.113. The molecule has 0 amide bonds. The zero-order valence-electron chi connectivity index (χ0n) is 15.4. The second kappa shape index (κ2) is 7.52. The number of para-hydroxylation sites is 1. The first-order valence-electron chi connectivity index (χ1n) is 8.80. The summed E-state index contributed by atoms with van der Waals surface area (Å²) < 4.78 is 8.17. The summed E-state index contributed by atoms with van der Waals surface area (Å²) in [5.74, 6) is 1.46. The topological polar surface area (TPSA) is 72.8 Å². The predicted octanol–water partition coefficient (Wildman–Crippen LogP) is 4.25. The van der Waals surface area contributed by atoms with Gasteiger partial charge in [0.15, 0.2) is 5.84 Å². The van der Waals surface area contributed by atoms with Gasteiger partial charge in [-0.25, -0.2) is 0 Å². The summed E-state index contributed by atoms with van der Waals surface area (Å²) in [5.41, 5.74) is 9.97. The molecule has 0 radical (unpaired) electrons. The van der Waals surface area contributed by atoms with Crippen LogP contribution in [0, 0.1) is 6.92 Å². The molecule has 1 heterocycles. The maximum Gasteiger partial charge on any atom is 0.172 e. The van der Waals surface area contributed by atoms with E-state index in [2.05, 4.69) is 48.7 Å². The van der Waals surface area contributed by atoms with Gasteiger partial charge in [0.1, 0.15) is 12.4 Å². The molecular formula is C21H25N3O2. The maximum atomic E-state index is 9.02. The summed E-state index contributed by atoms with van der Waals surface area (Å²) in [6, 6.07) is 14.3. The maximum absolute atomic E-state index is 9.02. The Labute approximate surface area is 153 Å². The average Bonchev–Trinajstić information content (AvgIpc) is 3.00.